The van der Waals surface area contributed by atoms with Crippen LogP contribution in [0.1, 0.15) is 36.6 Å². The smallest absolute Gasteiger partial charge is 0.268 e. The molecule has 1 atom stereocenters. The summed E-state index contributed by atoms with van der Waals surface area (Å²) < 4.78 is 29.4. The number of anilines is 1. The second-order valence-electron chi connectivity index (χ2n) is 7.74. The van der Waals surface area contributed by atoms with Crippen LogP contribution in [0.3, 0.4) is 0 Å². The predicted octanol–water partition coefficient (Wildman–Crippen LogP) is 5.63. The van der Waals surface area contributed by atoms with E-state index in [1.54, 1.807) is 16.4 Å². The van der Waals surface area contributed by atoms with Gasteiger partial charge in [0.05, 0.1) is 22.3 Å². The molecule has 1 unspecified atom stereocenters. The summed E-state index contributed by atoms with van der Waals surface area (Å²) in [6.45, 7) is 7.82. The average molecular weight is 433 g/mol. The molecule has 0 radical (unpaired) electrons. The summed E-state index contributed by atoms with van der Waals surface area (Å²) in [4.78, 5) is 2.60. The van der Waals surface area contributed by atoms with E-state index >= 15 is 0 Å². The van der Waals surface area contributed by atoms with Gasteiger partial charge in [0.2, 0.25) is 0 Å². The summed E-state index contributed by atoms with van der Waals surface area (Å²) in [7, 11) is -3.78. The standard InChI is InChI=1S/C26H28N2O2S/c1-4-27(5-2)26-23-13-9-10-14-24(23)28(25(26)19-21-11-7-6-8-12-21)31(29,30)22-17-15-20(3)16-18-22/h6-19,26H,4-5H2,1-3H3/b25-19+. The highest BCUT2D eigenvalue weighted by molar-refractivity contribution is 7.93. The Bertz CT molecular complexity index is 1180. The van der Waals surface area contributed by atoms with Crippen LogP contribution in [0.2, 0.25) is 0 Å². The van der Waals surface area contributed by atoms with Crippen LogP contribution < -0.4 is 4.31 Å². The number of likely N-dealkylation sites (N-methyl/N-ethyl adjacent to an activating group) is 1. The van der Waals surface area contributed by atoms with E-state index in [-0.39, 0.29) is 6.04 Å². The lowest BCUT2D eigenvalue weighted by Crippen LogP contribution is -2.34. The molecule has 1 aliphatic rings. The number of hydrogen-bond donors (Lipinski definition) is 0. The Morgan fingerprint density at radius 3 is 2.13 bits per heavy atom. The minimum atomic E-state index is -3.78. The van der Waals surface area contributed by atoms with E-state index in [9.17, 15) is 8.42 Å². The number of rotatable bonds is 6. The first kappa shape index (κ1) is 21.3. The molecule has 0 aromatic heterocycles. The van der Waals surface area contributed by atoms with E-state index in [1.165, 1.54) is 0 Å². The first-order chi connectivity index (χ1) is 15.0. The quantitative estimate of drug-likeness (QED) is 0.507. The van der Waals surface area contributed by atoms with Crippen LogP contribution in [0.15, 0.2) is 89.5 Å². The molecule has 0 N–H and O–H groups in total. The average Bonchev–Trinajstić information content (AvgIpc) is 3.10. The Kier molecular flexibility index (Phi) is 5.99. The van der Waals surface area contributed by atoms with E-state index in [0.29, 0.717) is 4.90 Å². The third kappa shape index (κ3) is 3.91. The van der Waals surface area contributed by atoms with E-state index in [4.69, 9.17) is 0 Å². The molecular weight excluding hydrogens is 404 g/mol. The van der Waals surface area contributed by atoms with E-state index in [1.807, 2.05) is 79.7 Å². The summed E-state index contributed by atoms with van der Waals surface area (Å²) in [6.07, 6.45) is 2.01. The SMILES string of the molecule is CCN(CC)C1/C(=C\c2ccccc2)N(S(=O)(=O)c2ccc(C)cc2)c2ccccc21. The third-order valence-electron chi connectivity index (χ3n) is 5.82. The number of benzene rings is 3. The monoisotopic (exact) mass is 432 g/mol. The van der Waals surface area contributed by atoms with Gasteiger partial charge in [0.25, 0.3) is 10.0 Å². The second kappa shape index (κ2) is 8.69. The van der Waals surface area contributed by atoms with Crippen LogP contribution in [-0.4, -0.2) is 26.4 Å². The fourth-order valence-corrected chi connectivity index (χ4v) is 5.77. The zero-order valence-corrected chi connectivity index (χ0v) is 19.0. The fraction of sp³-hybridized carbons (Fsp3) is 0.231. The summed E-state index contributed by atoms with van der Waals surface area (Å²) >= 11 is 0. The molecule has 4 nitrogen and oxygen atoms in total. The molecule has 0 saturated heterocycles. The van der Waals surface area contributed by atoms with Gasteiger partial charge >= 0.3 is 0 Å². The van der Waals surface area contributed by atoms with Crippen molar-refractivity contribution in [2.45, 2.75) is 31.7 Å². The lowest BCUT2D eigenvalue weighted by Gasteiger charge is -2.30. The van der Waals surface area contributed by atoms with Gasteiger partial charge in [-0.05, 0) is 49.9 Å². The molecule has 31 heavy (non-hydrogen) atoms. The number of sulfonamides is 1. The number of nitrogens with zero attached hydrogens (tertiary/aromatic N) is 2. The second-order valence-corrected chi connectivity index (χ2v) is 9.53. The van der Waals surface area contributed by atoms with Crippen molar-refractivity contribution in [3.05, 3.63) is 101 Å². The topological polar surface area (TPSA) is 40.6 Å². The minimum Gasteiger partial charge on any atom is -0.292 e. The molecule has 4 rings (SSSR count). The van der Waals surface area contributed by atoms with Crippen LogP contribution in [-0.2, 0) is 10.0 Å². The molecule has 0 aliphatic carbocycles. The molecule has 3 aromatic rings. The van der Waals surface area contributed by atoms with Crippen LogP contribution in [0, 0.1) is 6.92 Å². The molecule has 0 bridgehead atoms. The highest BCUT2D eigenvalue weighted by atomic mass is 32.2. The Morgan fingerprint density at radius 2 is 1.48 bits per heavy atom. The van der Waals surface area contributed by atoms with Crippen molar-refractivity contribution in [2.24, 2.45) is 0 Å². The normalized spacial score (nSPS) is 17.4. The van der Waals surface area contributed by atoms with Gasteiger partial charge in [-0.2, -0.15) is 0 Å². The van der Waals surface area contributed by atoms with Crippen molar-refractivity contribution in [1.82, 2.24) is 4.90 Å². The maximum Gasteiger partial charge on any atom is 0.268 e. The number of aryl methyl sites for hydroxylation is 1. The van der Waals surface area contributed by atoms with Crippen molar-refractivity contribution in [1.29, 1.82) is 0 Å². The van der Waals surface area contributed by atoms with Gasteiger partial charge in [-0.3, -0.25) is 4.90 Å². The summed E-state index contributed by atoms with van der Waals surface area (Å²) in [5.41, 5.74) is 4.51. The third-order valence-corrected chi connectivity index (χ3v) is 7.57. The fourth-order valence-electron chi connectivity index (χ4n) is 4.23. The maximum atomic E-state index is 13.9. The molecule has 0 saturated carbocycles. The predicted molar refractivity (Wildman–Crippen MR) is 127 cm³/mol. The minimum absolute atomic E-state index is 0.133. The van der Waals surface area contributed by atoms with Gasteiger partial charge < -0.3 is 0 Å². The first-order valence-electron chi connectivity index (χ1n) is 10.7. The van der Waals surface area contributed by atoms with Crippen molar-refractivity contribution in [3.8, 4) is 0 Å². The Hall–Kier alpha value is -2.89. The number of hydrogen-bond acceptors (Lipinski definition) is 3. The number of fused-ring (bicyclic) bond motifs is 1. The summed E-state index contributed by atoms with van der Waals surface area (Å²) in [5, 5.41) is 0. The molecule has 0 spiro atoms. The molecule has 3 aromatic carbocycles. The molecule has 5 heteroatoms. The van der Waals surface area contributed by atoms with Crippen LogP contribution in [0.4, 0.5) is 5.69 Å². The summed E-state index contributed by atoms with van der Waals surface area (Å²) in [6, 6.07) is 24.7. The number of para-hydroxylation sites is 1. The van der Waals surface area contributed by atoms with Crippen molar-refractivity contribution in [3.63, 3.8) is 0 Å². The lowest BCUT2D eigenvalue weighted by atomic mass is 10.0. The maximum absolute atomic E-state index is 13.9. The Balaban J connectivity index is 1.96. The Labute approximate surface area is 185 Å². The van der Waals surface area contributed by atoms with Crippen LogP contribution in [0.25, 0.3) is 6.08 Å². The molecule has 0 fully saturated rings. The molecule has 1 heterocycles. The first-order valence-corrected chi connectivity index (χ1v) is 12.1. The van der Waals surface area contributed by atoms with Crippen LogP contribution >= 0.6 is 0 Å². The van der Waals surface area contributed by atoms with E-state index in [2.05, 4.69) is 18.7 Å². The largest absolute Gasteiger partial charge is 0.292 e. The Morgan fingerprint density at radius 1 is 0.871 bits per heavy atom. The highest BCUT2D eigenvalue weighted by Crippen LogP contribution is 2.48. The van der Waals surface area contributed by atoms with Crippen molar-refractivity contribution in [2.75, 3.05) is 17.4 Å². The lowest BCUT2D eigenvalue weighted by molar-refractivity contribution is 0.253. The molecular formula is C26H28N2O2S. The van der Waals surface area contributed by atoms with E-state index in [0.717, 1.165) is 41.2 Å². The molecule has 1 aliphatic heterocycles. The zero-order chi connectivity index (χ0) is 22.0. The van der Waals surface area contributed by atoms with E-state index < -0.39 is 10.0 Å². The van der Waals surface area contributed by atoms with Gasteiger partial charge in [-0.15, -0.1) is 0 Å². The van der Waals surface area contributed by atoms with Crippen molar-refractivity contribution < 1.29 is 8.42 Å². The summed E-state index contributed by atoms with van der Waals surface area (Å²) in [5.74, 6) is 0. The molecule has 160 valence electrons. The van der Waals surface area contributed by atoms with Crippen LogP contribution in [0.5, 0.6) is 0 Å². The molecule has 0 amide bonds. The van der Waals surface area contributed by atoms with Gasteiger partial charge in [0.15, 0.2) is 0 Å². The highest BCUT2D eigenvalue weighted by Gasteiger charge is 2.42. The van der Waals surface area contributed by atoms with Crippen molar-refractivity contribution >= 4 is 21.8 Å². The van der Waals surface area contributed by atoms with Gasteiger partial charge in [-0.1, -0.05) is 80.1 Å². The van der Waals surface area contributed by atoms with Gasteiger partial charge in [0, 0.05) is 5.56 Å². The zero-order valence-electron chi connectivity index (χ0n) is 18.2. The van der Waals surface area contributed by atoms with Gasteiger partial charge in [-0.25, -0.2) is 12.7 Å². The van der Waals surface area contributed by atoms with Gasteiger partial charge in [0.1, 0.15) is 0 Å².